The average molecular weight is 381 g/mol. The number of pyridine rings is 1. The minimum atomic E-state index is -1.41. The predicted octanol–water partition coefficient (Wildman–Crippen LogP) is 4.12. The Labute approximate surface area is 142 Å². The van der Waals surface area contributed by atoms with E-state index in [1.54, 1.807) is 7.05 Å². The van der Waals surface area contributed by atoms with Crippen molar-refractivity contribution in [3.8, 4) is 17.3 Å². The second-order valence-corrected chi connectivity index (χ2v) is 6.48. The molecule has 0 saturated carbocycles. The van der Waals surface area contributed by atoms with Gasteiger partial charge in [0.25, 0.3) is 0 Å². The summed E-state index contributed by atoms with van der Waals surface area (Å²) in [7, 11) is 1.73. The molecule has 0 fully saturated rings. The van der Waals surface area contributed by atoms with Gasteiger partial charge in [-0.1, -0.05) is 6.07 Å². The molecule has 0 N–H and O–H groups in total. The summed E-state index contributed by atoms with van der Waals surface area (Å²) >= 11 is 3.50. The number of nitrogens with zero attached hydrogens (tertiary/aromatic N) is 4. The van der Waals surface area contributed by atoms with Crippen molar-refractivity contribution in [1.29, 1.82) is 0 Å². The molecule has 0 bridgehead atoms. The second kappa shape index (κ2) is 5.63. The molecular formula is C16H18BrFN4O. The lowest BCUT2D eigenvalue weighted by Crippen LogP contribution is -2.07. The standard InChI is InChI=1S/C16H18BrFN4O/c1-8-6-9(2)15-19-10(3)7-22(15)14(8)13-12(17)16(21(5)20-13)23-11(4)18/h6-7,11H,1-5H3. The summed E-state index contributed by atoms with van der Waals surface area (Å²) in [5.41, 5.74) is 5.59. The second-order valence-electron chi connectivity index (χ2n) is 5.69. The molecule has 1 atom stereocenters. The fraction of sp³-hybridized carbons (Fsp3) is 0.375. The van der Waals surface area contributed by atoms with E-state index in [1.165, 1.54) is 11.6 Å². The van der Waals surface area contributed by atoms with Gasteiger partial charge in [-0.25, -0.2) is 14.1 Å². The first-order valence-electron chi connectivity index (χ1n) is 7.29. The van der Waals surface area contributed by atoms with Gasteiger partial charge in [0.15, 0.2) is 0 Å². The first-order valence-corrected chi connectivity index (χ1v) is 8.08. The third-order valence-electron chi connectivity index (χ3n) is 3.66. The van der Waals surface area contributed by atoms with Gasteiger partial charge in [-0.15, -0.1) is 0 Å². The van der Waals surface area contributed by atoms with Crippen LogP contribution >= 0.6 is 15.9 Å². The van der Waals surface area contributed by atoms with Gasteiger partial charge in [0.1, 0.15) is 15.8 Å². The Kier molecular flexibility index (Phi) is 3.91. The molecule has 23 heavy (non-hydrogen) atoms. The maximum Gasteiger partial charge on any atom is 0.237 e. The Hall–Kier alpha value is -1.89. The zero-order chi connectivity index (χ0) is 16.9. The summed E-state index contributed by atoms with van der Waals surface area (Å²) < 4.78 is 22.7. The maximum atomic E-state index is 13.2. The van der Waals surface area contributed by atoms with Crippen LogP contribution in [0.25, 0.3) is 17.0 Å². The van der Waals surface area contributed by atoms with Crippen LogP contribution in [0.4, 0.5) is 4.39 Å². The molecule has 3 rings (SSSR count). The number of imidazole rings is 1. The van der Waals surface area contributed by atoms with Crippen molar-refractivity contribution >= 4 is 21.6 Å². The summed E-state index contributed by atoms with van der Waals surface area (Å²) in [5.74, 6) is 0.361. The van der Waals surface area contributed by atoms with Crippen LogP contribution in [0.5, 0.6) is 5.88 Å². The van der Waals surface area contributed by atoms with E-state index < -0.39 is 6.36 Å². The number of aryl methyl sites for hydroxylation is 4. The molecule has 0 aliphatic carbocycles. The van der Waals surface area contributed by atoms with Gasteiger partial charge in [0.05, 0.1) is 11.4 Å². The van der Waals surface area contributed by atoms with Gasteiger partial charge in [-0.05, 0) is 47.8 Å². The monoisotopic (exact) mass is 380 g/mol. The predicted molar refractivity (Wildman–Crippen MR) is 90.5 cm³/mol. The Morgan fingerprint density at radius 1 is 1.26 bits per heavy atom. The molecule has 0 aromatic carbocycles. The lowest BCUT2D eigenvalue weighted by molar-refractivity contribution is 0.0754. The molecule has 3 aromatic rings. The quantitative estimate of drug-likeness (QED) is 0.686. The van der Waals surface area contributed by atoms with Crippen molar-refractivity contribution in [2.45, 2.75) is 34.1 Å². The molecule has 3 heterocycles. The smallest absolute Gasteiger partial charge is 0.237 e. The minimum Gasteiger partial charge on any atom is -0.443 e. The Bertz CT molecular complexity index is 897. The highest BCUT2D eigenvalue weighted by Gasteiger charge is 2.22. The number of hydrogen-bond donors (Lipinski definition) is 0. The number of hydrogen-bond acceptors (Lipinski definition) is 3. The number of fused-ring (bicyclic) bond motifs is 1. The van der Waals surface area contributed by atoms with Crippen molar-refractivity contribution in [3.05, 3.63) is 33.6 Å². The molecule has 0 aliphatic rings. The number of halogens is 2. The Morgan fingerprint density at radius 2 is 1.96 bits per heavy atom. The zero-order valence-corrected chi connectivity index (χ0v) is 15.3. The van der Waals surface area contributed by atoms with Crippen molar-refractivity contribution < 1.29 is 9.13 Å². The van der Waals surface area contributed by atoms with E-state index >= 15 is 0 Å². The molecule has 7 heteroatoms. The van der Waals surface area contributed by atoms with E-state index in [-0.39, 0.29) is 0 Å². The largest absolute Gasteiger partial charge is 0.443 e. The number of alkyl halides is 1. The van der Waals surface area contributed by atoms with Gasteiger partial charge in [-0.2, -0.15) is 5.10 Å². The van der Waals surface area contributed by atoms with Gasteiger partial charge in [0.2, 0.25) is 12.2 Å². The van der Waals surface area contributed by atoms with Gasteiger partial charge < -0.3 is 4.74 Å². The average Bonchev–Trinajstić information content (AvgIpc) is 2.95. The zero-order valence-electron chi connectivity index (χ0n) is 13.7. The molecule has 0 amide bonds. The van der Waals surface area contributed by atoms with Crippen LogP contribution in [-0.2, 0) is 7.05 Å². The van der Waals surface area contributed by atoms with Crippen LogP contribution in [0, 0.1) is 20.8 Å². The highest BCUT2D eigenvalue weighted by Crippen LogP contribution is 2.37. The van der Waals surface area contributed by atoms with Crippen LogP contribution in [-0.4, -0.2) is 25.5 Å². The first-order chi connectivity index (χ1) is 10.8. The molecule has 0 saturated heterocycles. The highest BCUT2D eigenvalue weighted by molar-refractivity contribution is 9.10. The summed E-state index contributed by atoms with van der Waals surface area (Å²) in [6, 6.07) is 2.08. The number of ether oxygens (including phenoxy) is 1. The fourth-order valence-corrected chi connectivity index (χ4v) is 3.43. The van der Waals surface area contributed by atoms with Crippen LogP contribution in [0.2, 0.25) is 0 Å². The van der Waals surface area contributed by atoms with Crippen LogP contribution in [0.1, 0.15) is 23.7 Å². The topological polar surface area (TPSA) is 44.4 Å². The lowest BCUT2D eigenvalue weighted by Gasteiger charge is -2.10. The Balaban J connectivity index is 2.29. The van der Waals surface area contributed by atoms with Gasteiger partial charge in [-0.3, -0.25) is 4.40 Å². The van der Waals surface area contributed by atoms with Crippen molar-refractivity contribution in [2.24, 2.45) is 7.05 Å². The van der Waals surface area contributed by atoms with E-state index in [0.717, 1.165) is 28.2 Å². The number of rotatable bonds is 3. The molecule has 3 aromatic heterocycles. The van der Waals surface area contributed by atoms with Crippen molar-refractivity contribution in [1.82, 2.24) is 19.2 Å². The SMILES string of the molecule is Cc1cn2c(-c3nn(C)c(OC(C)F)c3Br)c(C)cc(C)c2n1. The van der Waals surface area contributed by atoms with E-state index in [2.05, 4.69) is 32.1 Å². The van der Waals surface area contributed by atoms with Gasteiger partial charge in [0, 0.05) is 20.2 Å². The van der Waals surface area contributed by atoms with Crippen LogP contribution < -0.4 is 4.74 Å². The molecule has 122 valence electrons. The van der Waals surface area contributed by atoms with E-state index in [0.29, 0.717) is 16.0 Å². The van der Waals surface area contributed by atoms with Crippen molar-refractivity contribution in [3.63, 3.8) is 0 Å². The summed E-state index contributed by atoms with van der Waals surface area (Å²) in [6.07, 6.45) is 0.563. The fourth-order valence-electron chi connectivity index (χ4n) is 2.81. The first kappa shape index (κ1) is 16.0. The lowest BCUT2D eigenvalue weighted by atomic mass is 10.1. The van der Waals surface area contributed by atoms with Crippen molar-refractivity contribution in [2.75, 3.05) is 0 Å². The highest BCUT2D eigenvalue weighted by atomic mass is 79.9. The molecule has 1 unspecified atom stereocenters. The summed E-state index contributed by atoms with van der Waals surface area (Å²) in [4.78, 5) is 4.57. The number of aromatic nitrogens is 4. The third kappa shape index (κ3) is 2.63. The van der Waals surface area contributed by atoms with Crippen LogP contribution in [0.15, 0.2) is 16.7 Å². The molecule has 0 aliphatic heterocycles. The molecule has 5 nitrogen and oxygen atoms in total. The maximum absolute atomic E-state index is 13.2. The summed E-state index contributed by atoms with van der Waals surface area (Å²) in [6.45, 7) is 7.36. The van der Waals surface area contributed by atoms with Gasteiger partial charge >= 0.3 is 0 Å². The van der Waals surface area contributed by atoms with E-state index in [9.17, 15) is 4.39 Å². The minimum absolute atomic E-state index is 0.361. The molecule has 0 radical (unpaired) electrons. The Morgan fingerprint density at radius 3 is 2.61 bits per heavy atom. The molecular weight excluding hydrogens is 363 g/mol. The van der Waals surface area contributed by atoms with E-state index in [4.69, 9.17) is 4.74 Å². The summed E-state index contributed by atoms with van der Waals surface area (Å²) in [5, 5.41) is 4.51. The van der Waals surface area contributed by atoms with E-state index in [1.807, 2.05) is 31.4 Å². The normalized spacial score (nSPS) is 12.8. The third-order valence-corrected chi connectivity index (χ3v) is 4.38. The van der Waals surface area contributed by atoms with Crippen LogP contribution in [0.3, 0.4) is 0 Å². The molecule has 0 spiro atoms.